The Balaban J connectivity index is 2.09. The molecule has 3 nitrogen and oxygen atoms in total. The third kappa shape index (κ3) is 3.68. The zero-order chi connectivity index (χ0) is 14.5. The van der Waals surface area contributed by atoms with Crippen LogP contribution in [0.5, 0.6) is 5.75 Å². The summed E-state index contributed by atoms with van der Waals surface area (Å²) in [5.74, 6) is 0.409. The van der Waals surface area contributed by atoms with E-state index in [2.05, 4.69) is 15.9 Å². The minimum Gasteiger partial charge on any atom is -0.490 e. The molecular weight excluding hydrogens is 320 g/mol. The SMILES string of the molecule is CC(=O)c1cc(Br)ccc1OCC(O)c1ccccc1. The first-order valence-corrected chi connectivity index (χ1v) is 7.03. The standard InChI is InChI=1S/C16H15BrO3/c1-11(18)14-9-13(17)7-8-16(14)20-10-15(19)12-5-3-2-4-6-12/h2-9,15,19H,10H2,1H3. The molecule has 2 rings (SSSR count). The first kappa shape index (κ1) is 14.8. The number of ketones is 1. The molecule has 1 unspecified atom stereocenters. The highest BCUT2D eigenvalue weighted by molar-refractivity contribution is 9.10. The average Bonchev–Trinajstić information content (AvgIpc) is 2.46. The monoisotopic (exact) mass is 334 g/mol. The second-order valence-corrected chi connectivity index (χ2v) is 5.35. The zero-order valence-electron chi connectivity index (χ0n) is 11.0. The highest BCUT2D eigenvalue weighted by Gasteiger charge is 2.12. The molecule has 0 fully saturated rings. The summed E-state index contributed by atoms with van der Waals surface area (Å²) < 4.78 is 6.40. The molecule has 2 aromatic carbocycles. The van der Waals surface area contributed by atoms with Crippen molar-refractivity contribution < 1.29 is 14.6 Å². The van der Waals surface area contributed by atoms with Crippen LogP contribution in [0.1, 0.15) is 28.9 Å². The Morgan fingerprint density at radius 3 is 2.60 bits per heavy atom. The van der Waals surface area contributed by atoms with Crippen molar-refractivity contribution in [3.63, 3.8) is 0 Å². The first-order chi connectivity index (χ1) is 9.58. The number of carbonyl (C=O) groups excluding carboxylic acids is 1. The van der Waals surface area contributed by atoms with Crippen LogP contribution in [-0.4, -0.2) is 17.5 Å². The normalized spacial score (nSPS) is 11.9. The van der Waals surface area contributed by atoms with Crippen molar-refractivity contribution >= 4 is 21.7 Å². The molecule has 2 aromatic rings. The van der Waals surface area contributed by atoms with Gasteiger partial charge in [-0.1, -0.05) is 46.3 Å². The fourth-order valence-corrected chi connectivity index (χ4v) is 2.20. The molecule has 0 heterocycles. The van der Waals surface area contributed by atoms with Crippen LogP contribution in [0, 0.1) is 0 Å². The van der Waals surface area contributed by atoms with E-state index in [0.29, 0.717) is 11.3 Å². The number of benzene rings is 2. The van der Waals surface area contributed by atoms with Gasteiger partial charge in [-0.2, -0.15) is 0 Å². The van der Waals surface area contributed by atoms with Gasteiger partial charge in [-0.15, -0.1) is 0 Å². The predicted octanol–water partition coefficient (Wildman–Crippen LogP) is 3.76. The molecule has 0 amide bonds. The van der Waals surface area contributed by atoms with E-state index in [1.165, 1.54) is 6.92 Å². The largest absolute Gasteiger partial charge is 0.490 e. The Labute approximate surface area is 126 Å². The quantitative estimate of drug-likeness (QED) is 0.846. The number of halogens is 1. The fraction of sp³-hybridized carbons (Fsp3) is 0.188. The van der Waals surface area contributed by atoms with Crippen LogP contribution in [0.15, 0.2) is 53.0 Å². The van der Waals surface area contributed by atoms with E-state index in [-0.39, 0.29) is 12.4 Å². The number of Topliss-reactive ketones (excluding diaryl/α,β-unsaturated/α-hetero) is 1. The molecule has 104 valence electrons. The maximum atomic E-state index is 11.6. The lowest BCUT2D eigenvalue weighted by molar-refractivity contribution is 0.0977. The molecule has 0 aliphatic carbocycles. The van der Waals surface area contributed by atoms with Gasteiger partial charge in [-0.05, 0) is 30.7 Å². The maximum Gasteiger partial charge on any atom is 0.163 e. The number of hydrogen-bond donors (Lipinski definition) is 1. The minimum absolute atomic E-state index is 0.0736. The molecule has 0 aromatic heterocycles. The van der Waals surface area contributed by atoms with Crippen LogP contribution < -0.4 is 4.74 Å². The van der Waals surface area contributed by atoms with Gasteiger partial charge < -0.3 is 9.84 Å². The van der Waals surface area contributed by atoms with Gasteiger partial charge in [0.05, 0.1) is 5.56 Å². The van der Waals surface area contributed by atoms with Crippen LogP contribution in [0.4, 0.5) is 0 Å². The van der Waals surface area contributed by atoms with Gasteiger partial charge in [0.1, 0.15) is 18.5 Å². The molecule has 0 saturated carbocycles. The summed E-state index contributed by atoms with van der Waals surface area (Å²) in [6.45, 7) is 1.59. The van der Waals surface area contributed by atoms with Gasteiger partial charge in [0.25, 0.3) is 0 Å². The van der Waals surface area contributed by atoms with E-state index in [4.69, 9.17) is 4.74 Å². The number of aliphatic hydroxyl groups excluding tert-OH is 1. The molecule has 0 radical (unpaired) electrons. The fourth-order valence-electron chi connectivity index (χ4n) is 1.84. The van der Waals surface area contributed by atoms with Crippen molar-refractivity contribution in [2.24, 2.45) is 0 Å². The minimum atomic E-state index is -0.723. The van der Waals surface area contributed by atoms with Gasteiger partial charge in [-0.25, -0.2) is 0 Å². The predicted molar refractivity (Wildman–Crippen MR) is 81.0 cm³/mol. The number of ether oxygens (including phenoxy) is 1. The van der Waals surface area contributed by atoms with E-state index in [9.17, 15) is 9.90 Å². The molecule has 0 spiro atoms. The summed E-state index contributed by atoms with van der Waals surface area (Å²) in [6.07, 6.45) is -0.723. The van der Waals surface area contributed by atoms with Crippen molar-refractivity contribution in [1.82, 2.24) is 0 Å². The Morgan fingerprint density at radius 2 is 1.95 bits per heavy atom. The van der Waals surface area contributed by atoms with Crippen molar-refractivity contribution in [3.8, 4) is 5.75 Å². The number of aliphatic hydroxyl groups is 1. The molecule has 0 saturated heterocycles. The van der Waals surface area contributed by atoms with E-state index < -0.39 is 6.10 Å². The van der Waals surface area contributed by atoms with E-state index >= 15 is 0 Å². The van der Waals surface area contributed by atoms with Crippen molar-refractivity contribution in [3.05, 3.63) is 64.1 Å². The second-order valence-electron chi connectivity index (χ2n) is 4.43. The van der Waals surface area contributed by atoms with Crippen LogP contribution >= 0.6 is 15.9 Å². The molecule has 1 N–H and O–H groups in total. The molecule has 0 aliphatic heterocycles. The lowest BCUT2D eigenvalue weighted by Crippen LogP contribution is -2.11. The summed E-state index contributed by atoms with van der Waals surface area (Å²) >= 11 is 3.32. The van der Waals surface area contributed by atoms with Crippen molar-refractivity contribution in [2.45, 2.75) is 13.0 Å². The average molecular weight is 335 g/mol. The smallest absolute Gasteiger partial charge is 0.163 e. The maximum absolute atomic E-state index is 11.6. The molecular formula is C16H15BrO3. The van der Waals surface area contributed by atoms with Gasteiger partial charge in [0, 0.05) is 4.47 Å². The van der Waals surface area contributed by atoms with Crippen molar-refractivity contribution in [1.29, 1.82) is 0 Å². The van der Waals surface area contributed by atoms with Gasteiger partial charge in [-0.3, -0.25) is 4.79 Å². The Hall–Kier alpha value is -1.65. The summed E-state index contributed by atoms with van der Waals surface area (Å²) in [5.41, 5.74) is 1.29. The molecule has 0 aliphatic rings. The van der Waals surface area contributed by atoms with E-state index in [1.807, 2.05) is 30.3 Å². The first-order valence-electron chi connectivity index (χ1n) is 6.24. The summed E-state index contributed by atoms with van der Waals surface area (Å²) in [4.78, 5) is 11.6. The molecule has 1 atom stereocenters. The van der Waals surface area contributed by atoms with Crippen LogP contribution in [0.25, 0.3) is 0 Å². The van der Waals surface area contributed by atoms with Crippen LogP contribution in [0.2, 0.25) is 0 Å². The molecule has 20 heavy (non-hydrogen) atoms. The third-order valence-electron chi connectivity index (χ3n) is 2.90. The van der Waals surface area contributed by atoms with Gasteiger partial charge in [0.15, 0.2) is 5.78 Å². The lowest BCUT2D eigenvalue weighted by Gasteiger charge is -2.14. The Bertz CT molecular complexity index is 596. The molecule has 4 heteroatoms. The Kier molecular flexibility index (Phi) is 4.93. The van der Waals surface area contributed by atoms with E-state index in [0.717, 1.165) is 10.0 Å². The highest BCUT2D eigenvalue weighted by atomic mass is 79.9. The highest BCUT2D eigenvalue weighted by Crippen LogP contribution is 2.25. The van der Waals surface area contributed by atoms with Crippen molar-refractivity contribution in [2.75, 3.05) is 6.61 Å². The van der Waals surface area contributed by atoms with Gasteiger partial charge in [0.2, 0.25) is 0 Å². The number of hydrogen-bond acceptors (Lipinski definition) is 3. The second kappa shape index (κ2) is 6.68. The topological polar surface area (TPSA) is 46.5 Å². The Morgan fingerprint density at radius 1 is 1.25 bits per heavy atom. The van der Waals surface area contributed by atoms with Gasteiger partial charge >= 0.3 is 0 Å². The van der Waals surface area contributed by atoms with E-state index in [1.54, 1.807) is 18.2 Å². The third-order valence-corrected chi connectivity index (χ3v) is 3.40. The number of rotatable bonds is 5. The number of carbonyl (C=O) groups is 1. The van der Waals surface area contributed by atoms with Crippen LogP contribution in [0.3, 0.4) is 0 Å². The molecule has 0 bridgehead atoms. The lowest BCUT2D eigenvalue weighted by atomic mass is 10.1. The van der Waals surface area contributed by atoms with Crippen LogP contribution in [-0.2, 0) is 0 Å². The summed E-state index contributed by atoms with van der Waals surface area (Å²) in [6, 6.07) is 14.5. The summed E-state index contributed by atoms with van der Waals surface area (Å²) in [7, 11) is 0. The summed E-state index contributed by atoms with van der Waals surface area (Å²) in [5, 5.41) is 10.0. The zero-order valence-corrected chi connectivity index (χ0v) is 12.6.